The monoisotopic (exact) mass is 323 g/mol. The van der Waals surface area contributed by atoms with Crippen LogP contribution in [0.4, 0.5) is 0 Å². The molecule has 1 aromatic carbocycles. The van der Waals surface area contributed by atoms with E-state index in [4.69, 9.17) is 22.5 Å². The van der Waals surface area contributed by atoms with Crippen molar-refractivity contribution in [3.63, 3.8) is 0 Å². The van der Waals surface area contributed by atoms with Gasteiger partial charge < -0.3 is 9.84 Å². The first-order valence-electron chi connectivity index (χ1n) is 7.67. The van der Waals surface area contributed by atoms with Gasteiger partial charge in [0.1, 0.15) is 5.75 Å². The summed E-state index contributed by atoms with van der Waals surface area (Å²) in [5.74, 6) is -0.142. The van der Waals surface area contributed by atoms with Gasteiger partial charge >= 0.3 is 5.97 Å². The first-order chi connectivity index (χ1) is 10.0. The van der Waals surface area contributed by atoms with Crippen LogP contribution in [0.3, 0.4) is 0 Å². The van der Waals surface area contributed by atoms with Gasteiger partial charge in [-0.15, -0.1) is 0 Å². The highest BCUT2D eigenvalue weighted by atomic mass is 32.1. The van der Waals surface area contributed by atoms with E-state index in [9.17, 15) is 4.79 Å². The van der Waals surface area contributed by atoms with Crippen LogP contribution in [-0.2, 0) is 10.2 Å². The third-order valence-corrected chi connectivity index (χ3v) is 3.81. The van der Waals surface area contributed by atoms with Gasteiger partial charge in [0.05, 0.1) is 11.5 Å². The lowest BCUT2D eigenvalue weighted by atomic mass is 9.72. The molecule has 22 heavy (non-hydrogen) atoms. The maximum absolute atomic E-state index is 10.5. The van der Waals surface area contributed by atoms with E-state index in [0.29, 0.717) is 23.7 Å². The van der Waals surface area contributed by atoms with Crippen LogP contribution < -0.4 is 4.74 Å². The van der Waals surface area contributed by atoms with Crippen LogP contribution in [0.15, 0.2) is 23.1 Å². The fourth-order valence-corrected chi connectivity index (χ4v) is 3.14. The van der Waals surface area contributed by atoms with Gasteiger partial charge in [0.25, 0.3) is 0 Å². The largest absolute Gasteiger partial charge is 0.492 e. The van der Waals surface area contributed by atoms with Gasteiger partial charge in [-0.3, -0.25) is 4.79 Å². The van der Waals surface area contributed by atoms with E-state index in [1.165, 1.54) is 5.56 Å². The fourth-order valence-electron chi connectivity index (χ4n) is 2.88. The van der Waals surface area contributed by atoms with Crippen molar-refractivity contribution in [1.29, 1.82) is 0 Å². The molecule has 0 aliphatic rings. The molecule has 0 amide bonds. The Balaban J connectivity index is 2.74. The van der Waals surface area contributed by atoms with Crippen molar-refractivity contribution in [2.75, 3.05) is 6.61 Å². The van der Waals surface area contributed by atoms with E-state index in [1.54, 1.807) is 0 Å². The Kier molecular flexibility index (Phi) is 6.24. The minimum Gasteiger partial charge on any atom is -0.492 e. The standard InChI is InChI=1S/C18H27O3S/c1-17(2,3)12-18(4,5)13-8-9-14(15(22)11-13)21-10-6-7-16(19)20/h8-9,11H,6-7,10,12H2,1-5H3,(H,19,20). The van der Waals surface area contributed by atoms with Gasteiger partial charge in [0.15, 0.2) is 0 Å². The summed E-state index contributed by atoms with van der Waals surface area (Å²) in [4.78, 5) is 11.2. The second-order valence-electron chi connectivity index (χ2n) is 7.63. The van der Waals surface area contributed by atoms with Crippen LogP contribution in [-0.4, -0.2) is 17.7 Å². The SMILES string of the molecule is CC(C)(C)CC(C)(C)c1ccc(OCCCC(=O)O)c([S])c1. The average molecular weight is 323 g/mol. The normalized spacial score (nSPS) is 12.2. The summed E-state index contributed by atoms with van der Waals surface area (Å²) >= 11 is 5.41. The maximum Gasteiger partial charge on any atom is 0.303 e. The van der Waals surface area contributed by atoms with E-state index in [2.05, 4.69) is 40.7 Å². The first-order valence-corrected chi connectivity index (χ1v) is 8.08. The molecule has 0 aliphatic heterocycles. The van der Waals surface area contributed by atoms with Crippen LogP contribution in [0.2, 0.25) is 0 Å². The molecule has 0 fully saturated rings. The summed E-state index contributed by atoms with van der Waals surface area (Å²) in [7, 11) is 0. The minimum absolute atomic E-state index is 0.0493. The number of hydrogen-bond acceptors (Lipinski definition) is 2. The highest BCUT2D eigenvalue weighted by Crippen LogP contribution is 2.38. The zero-order chi connectivity index (χ0) is 17.0. The van der Waals surface area contributed by atoms with Gasteiger partial charge in [0, 0.05) is 6.42 Å². The molecule has 1 rings (SSSR count). The molecule has 4 heteroatoms. The Hall–Kier alpha value is -1.29. The summed E-state index contributed by atoms with van der Waals surface area (Å²) in [5.41, 5.74) is 1.51. The molecule has 3 nitrogen and oxygen atoms in total. The number of aliphatic carboxylic acids is 1. The number of hydrogen-bond donors (Lipinski definition) is 1. The van der Waals surface area contributed by atoms with E-state index in [1.807, 2.05) is 12.1 Å². The predicted octanol–water partition coefficient (Wildman–Crippen LogP) is 5.20. The van der Waals surface area contributed by atoms with Crippen molar-refractivity contribution in [3.8, 4) is 5.75 Å². The van der Waals surface area contributed by atoms with Gasteiger partial charge in [-0.25, -0.2) is 0 Å². The van der Waals surface area contributed by atoms with Crippen LogP contribution >= 0.6 is 12.6 Å². The molecule has 1 radical (unpaired) electrons. The average Bonchev–Trinajstić information content (AvgIpc) is 2.32. The van der Waals surface area contributed by atoms with E-state index in [-0.39, 0.29) is 17.3 Å². The summed E-state index contributed by atoms with van der Waals surface area (Å²) in [6.07, 6.45) is 1.67. The molecule has 0 saturated heterocycles. The molecule has 0 spiro atoms. The van der Waals surface area contributed by atoms with Gasteiger partial charge in [-0.2, -0.15) is 0 Å². The molecule has 1 N–H and O–H groups in total. The number of rotatable bonds is 7. The van der Waals surface area contributed by atoms with Crippen molar-refractivity contribution < 1.29 is 14.6 Å². The Labute approximate surface area is 139 Å². The molecule has 1 aromatic rings. The number of benzene rings is 1. The third kappa shape index (κ3) is 6.22. The Morgan fingerprint density at radius 3 is 2.36 bits per heavy atom. The molecular weight excluding hydrogens is 296 g/mol. The summed E-state index contributed by atoms with van der Waals surface area (Å²) in [6, 6.07) is 5.98. The second kappa shape index (κ2) is 7.32. The Morgan fingerprint density at radius 1 is 1.23 bits per heavy atom. The van der Waals surface area contributed by atoms with E-state index < -0.39 is 5.97 Å². The molecule has 0 unspecified atom stereocenters. The molecule has 0 aliphatic carbocycles. The predicted molar refractivity (Wildman–Crippen MR) is 91.8 cm³/mol. The van der Waals surface area contributed by atoms with Gasteiger partial charge in [0.2, 0.25) is 0 Å². The van der Waals surface area contributed by atoms with E-state index in [0.717, 1.165) is 6.42 Å². The van der Waals surface area contributed by atoms with Crippen molar-refractivity contribution in [1.82, 2.24) is 0 Å². The molecule has 0 saturated carbocycles. The zero-order valence-electron chi connectivity index (χ0n) is 14.2. The molecule has 0 heterocycles. The van der Waals surface area contributed by atoms with Crippen molar-refractivity contribution >= 4 is 18.6 Å². The van der Waals surface area contributed by atoms with E-state index >= 15 is 0 Å². The molecule has 0 aromatic heterocycles. The van der Waals surface area contributed by atoms with Crippen LogP contribution in [0.25, 0.3) is 0 Å². The Morgan fingerprint density at radius 2 is 1.86 bits per heavy atom. The smallest absolute Gasteiger partial charge is 0.303 e. The summed E-state index contributed by atoms with van der Waals surface area (Å²) < 4.78 is 5.59. The fraction of sp³-hybridized carbons (Fsp3) is 0.611. The second-order valence-corrected chi connectivity index (χ2v) is 8.07. The summed E-state index contributed by atoms with van der Waals surface area (Å²) in [6.45, 7) is 11.6. The van der Waals surface area contributed by atoms with Crippen molar-refractivity contribution in [2.24, 2.45) is 5.41 Å². The van der Waals surface area contributed by atoms with Crippen molar-refractivity contribution in [3.05, 3.63) is 23.8 Å². The highest BCUT2D eigenvalue weighted by molar-refractivity contribution is 7.80. The first kappa shape index (κ1) is 18.8. The van der Waals surface area contributed by atoms with Gasteiger partial charge in [-0.1, -0.05) is 53.3 Å². The lowest BCUT2D eigenvalue weighted by molar-refractivity contribution is -0.137. The molecule has 0 bridgehead atoms. The molecule has 0 atom stereocenters. The maximum atomic E-state index is 10.5. The van der Waals surface area contributed by atoms with Crippen molar-refractivity contribution in [2.45, 2.75) is 64.2 Å². The molecule has 123 valence electrons. The van der Waals surface area contributed by atoms with Crippen LogP contribution in [0, 0.1) is 5.41 Å². The zero-order valence-corrected chi connectivity index (χ0v) is 15.0. The number of carboxylic acids is 1. The molecular formula is C18H27O3S. The van der Waals surface area contributed by atoms with Crippen LogP contribution in [0.5, 0.6) is 5.75 Å². The minimum atomic E-state index is -0.804. The number of ether oxygens (including phenoxy) is 1. The third-order valence-electron chi connectivity index (χ3n) is 3.49. The lowest BCUT2D eigenvalue weighted by Gasteiger charge is -2.33. The topological polar surface area (TPSA) is 46.5 Å². The van der Waals surface area contributed by atoms with Gasteiger partial charge in [-0.05, 0) is 41.4 Å². The Bertz CT molecular complexity index is 516. The highest BCUT2D eigenvalue weighted by Gasteiger charge is 2.27. The number of carboxylic acid groups (broad SMARTS) is 1. The lowest BCUT2D eigenvalue weighted by Crippen LogP contribution is -2.24. The number of carbonyl (C=O) groups is 1. The quantitative estimate of drug-likeness (QED) is 0.701. The summed E-state index contributed by atoms with van der Waals surface area (Å²) in [5, 5.41) is 8.61. The van der Waals surface area contributed by atoms with Crippen LogP contribution in [0.1, 0.15) is 59.4 Å².